The molecule has 0 radical (unpaired) electrons. The molecule has 96 valence electrons. The van der Waals surface area contributed by atoms with Gasteiger partial charge >= 0.3 is 0 Å². The molecule has 0 unspecified atom stereocenters. The lowest BCUT2D eigenvalue weighted by atomic mass is 10.2. The summed E-state index contributed by atoms with van der Waals surface area (Å²) >= 11 is 0. The molecule has 0 amide bonds. The summed E-state index contributed by atoms with van der Waals surface area (Å²) in [6.45, 7) is 0.556. The first-order chi connectivity index (χ1) is 7.93. The molecule has 1 rings (SSSR count). The predicted octanol–water partition coefficient (Wildman–Crippen LogP) is 0.665. The number of ether oxygens (including phenoxy) is 1. The maximum absolute atomic E-state index is 12.0. The van der Waals surface area contributed by atoms with E-state index in [1.54, 1.807) is 32.4 Å². The van der Waals surface area contributed by atoms with E-state index in [0.717, 1.165) is 5.56 Å². The molecule has 17 heavy (non-hydrogen) atoms. The molecule has 0 heterocycles. The Labute approximate surface area is 102 Å². The van der Waals surface area contributed by atoms with Gasteiger partial charge in [-0.2, -0.15) is 0 Å². The molecule has 0 spiro atoms. The third-order valence-electron chi connectivity index (χ3n) is 2.40. The fourth-order valence-electron chi connectivity index (χ4n) is 1.45. The largest absolute Gasteiger partial charge is 0.496 e. The van der Waals surface area contributed by atoms with Crippen molar-refractivity contribution in [2.24, 2.45) is 0 Å². The number of benzene rings is 1. The summed E-state index contributed by atoms with van der Waals surface area (Å²) in [5.74, 6) is 0.678. The minimum absolute atomic E-state index is 0.272. The monoisotopic (exact) mass is 258 g/mol. The summed E-state index contributed by atoms with van der Waals surface area (Å²) in [5.41, 5.74) is 0.818. The van der Waals surface area contributed by atoms with E-state index in [4.69, 9.17) is 4.74 Å². The summed E-state index contributed by atoms with van der Waals surface area (Å²) in [6.07, 6.45) is 0. The number of sulfonamides is 1. The highest BCUT2D eigenvalue weighted by Gasteiger charge is 2.18. The van der Waals surface area contributed by atoms with E-state index >= 15 is 0 Å². The number of nitrogens with zero attached hydrogens (tertiary/aromatic N) is 1. The van der Waals surface area contributed by atoms with Crippen LogP contribution in [0.5, 0.6) is 5.75 Å². The quantitative estimate of drug-likeness (QED) is 0.843. The standard InChI is InChI=1S/C11H18N2O3S/c1-12-8-9-7-10(5-6-11(9)16-4)17(14,15)13(2)3/h5-7,12H,8H2,1-4H3. The van der Waals surface area contributed by atoms with Crippen LogP contribution in [0.3, 0.4) is 0 Å². The van der Waals surface area contributed by atoms with Gasteiger partial charge in [-0.05, 0) is 25.2 Å². The smallest absolute Gasteiger partial charge is 0.242 e. The van der Waals surface area contributed by atoms with Crippen LogP contribution in [0, 0.1) is 0 Å². The molecular weight excluding hydrogens is 240 g/mol. The second kappa shape index (κ2) is 5.48. The van der Waals surface area contributed by atoms with Crippen molar-refractivity contribution >= 4 is 10.0 Å². The Balaban J connectivity index is 3.25. The fraction of sp³-hybridized carbons (Fsp3) is 0.455. The maximum atomic E-state index is 12.0. The zero-order chi connectivity index (χ0) is 13.1. The van der Waals surface area contributed by atoms with Gasteiger partial charge < -0.3 is 10.1 Å². The summed E-state index contributed by atoms with van der Waals surface area (Å²) in [5, 5.41) is 2.98. The topological polar surface area (TPSA) is 58.6 Å². The van der Waals surface area contributed by atoms with Crippen LogP contribution in [0.2, 0.25) is 0 Å². The molecule has 0 bridgehead atoms. The number of rotatable bonds is 5. The van der Waals surface area contributed by atoms with Crippen LogP contribution in [0.15, 0.2) is 23.1 Å². The lowest BCUT2D eigenvalue weighted by Crippen LogP contribution is -2.22. The van der Waals surface area contributed by atoms with Crippen LogP contribution in [-0.4, -0.2) is 41.0 Å². The van der Waals surface area contributed by atoms with E-state index in [0.29, 0.717) is 12.3 Å². The van der Waals surface area contributed by atoms with Crippen molar-refractivity contribution in [1.29, 1.82) is 0 Å². The van der Waals surface area contributed by atoms with Crippen molar-refractivity contribution in [2.75, 3.05) is 28.3 Å². The van der Waals surface area contributed by atoms with Gasteiger partial charge in [0.05, 0.1) is 12.0 Å². The zero-order valence-electron chi connectivity index (χ0n) is 10.5. The van der Waals surface area contributed by atoms with Crippen molar-refractivity contribution in [3.63, 3.8) is 0 Å². The third kappa shape index (κ3) is 2.96. The van der Waals surface area contributed by atoms with Gasteiger partial charge in [-0.25, -0.2) is 12.7 Å². The first kappa shape index (κ1) is 14.0. The number of nitrogens with one attached hydrogen (secondary N) is 1. The number of methoxy groups -OCH3 is 1. The second-order valence-electron chi connectivity index (χ2n) is 3.79. The molecule has 6 heteroatoms. The SMILES string of the molecule is CNCc1cc(S(=O)(=O)N(C)C)ccc1OC. The van der Waals surface area contributed by atoms with Crippen LogP contribution < -0.4 is 10.1 Å². The molecule has 0 saturated carbocycles. The Kier molecular flexibility index (Phi) is 4.50. The first-order valence-electron chi connectivity index (χ1n) is 5.17. The van der Waals surface area contributed by atoms with Gasteiger partial charge in [0.15, 0.2) is 0 Å². The van der Waals surface area contributed by atoms with Crippen molar-refractivity contribution in [3.8, 4) is 5.75 Å². The molecule has 1 N–H and O–H groups in total. The number of hydrogen-bond acceptors (Lipinski definition) is 4. The van der Waals surface area contributed by atoms with Crippen molar-refractivity contribution in [2.45, 2.75) is 11.4 Å². The second-order valence-corrected chi connectivity index (χ2v) is 5.94. The van der Waals surface area contributed by atoms with Gasteiger partial charge in [0.1, 0.15) is 5.75 Å². The Morgan fingerprint density at radius 1 is 1.35 bits per heavy atom. The molecule has 5 nitrogen and oxygen atoms in total. The van der Waals surface area contributed by atoms with Crippen LogP contribution in [0.25, 0.3) is 0 Å². The van der Waals surface area contributed by atoms with Gasteiger partial charge in [0, 0.05) is 26.2 Å². The minimum Gasteiger partial charge on any atom is -0.496 e. The average molecular weight is 258 g/mol. The molecule has 0 aliphatic rings. The van der Waals surface area contributed by atoms with E-state index in [9.17, 15) is 8.42 Å². The predicted molar refractivity (Wildman–Crippen MR) is 66.6 cm³/mol. The van der Waals surface area contributed by atoms with Crippen molar-refractivity contribution < 1.29 is 13.2 Å². The third-order valence-corrected chi connectivity index (χ3v) is 4.21. The number of hydrogen-bond donors (Lipinski definition) is 1. The summed E-state index contributed by atoms with van der Waals surface area (Å²) < 4.78 is 30.3. The first-order valence-corrected chi connectivity index (χ1v) is 6.61. The lowest BCUT2D eigenvalue weighted by molar-refractivity contribution is 0.408. The van der Waals surface area contributed by atoms with Gasteiger partial charge in [-0.15, -0.1) is 0 Å². The van der Waals surface area contributed by atoms with Crippen molar-refractivity contribution in [1.82, 2.24) is 9.62 Å². The highest BCUT2D eigenvalue weighted by molar-refractivity contribution is 7.89. The molecule has 0 aliphatic heterocycles. The van der Waals surface area contributed by atoms with Crippen LogP contribution in [0.1, 0.15) is 5.56 Å². The molecule has 1 aromatic rings. The molecule has 0 fully saturated rings. The Hall–Kier alpha value is -1.11. The van der Waals surface area contributed by atoms with E-state index < -0.39 is 10.0 Å². The zero-order valence-corrected chi connectivity index (χ0v) is 11.3. The normalized spacial score (nSPS) is 11.8. The molecule has 0 aromatic heterocycles. The summed E-state index contributed by atoms with van der Waals surface area (Å²) in [6, 6.07) is 4.85. The van der Waals surface area contributed by atoms with E-state index in [-0.39, 0.29) is 4.90 Å². The Morgan fingerprint density at radius 2 is 2.00 bits per heavy atom. The molecule has 1 aromatic carbocycles. The van der Waals surface area contributed by atoms with Gasteiger partial charge in [-0.3, -0.25) is 0 Å². The minimum atomic E-state index is -3.39. The van der Waals surface area contributed by atoms with Crippen LogP contribution in [0.4, 0.5) is 0 Å². The molecule has 0 atom stereocenters. The van der Waals surface area contributed by atoms with Gasteiger partial charge in [0.25, 0.3) is 0 Å². The average Bonchev–Trinajstić information content (AvgIpc) is 2.29. The van der Waals surface area contributed by atoms with Crippen LogP contribution in [-0.2, 0) is 16.6 Å². The van der Waals surface area contributed by atoms with E-state index in [1.807, 2.05) is 0 Å². The lowest BCUT2D eigenvalue weighted by Gasteiger charge is -2.14. The highest BCUT2D eigenvalue weighted by Crippen LogP contribution is 2.23. The van der Waals surface area contributed by atoms with Crippen LogP contribution >= 0.6 is 0 Å². The van der Waals surface area contributed by atoms with Gasteiger partial charge in [0.2, 0.25) is 10.0 Å². The Bertz CT molecular complexity index is 483. The molecular formula is C11H18N2O3S. The van der Waals surface area contributed by atoms with Crippen molar-refractivity contribution in [3.05, 3.63) is 23.8 Å². The Morgan fingerprint density at radius 3 is 2.47 bits per heavy atom. The van der Waals surface area contributed by atoms with E-state index in [1.165, 1.54) is 18.4 Å². The molecule has 0 aliphatic carbocycles. The molecule has 0 saturated heterocycles. The van der Waals surface area contributed by atoms with Gasteiger partial charge in [-0.1, -0.05) is 0 Å². The fourth-order valence-corrected chi connectivity index (χ4v) is 2.41. The maximum Gasteiger partial charge on any atom is 0.242 e. The summed E-state index contributed by atoms with van der Waals surface area (Å²) in [7, 11) is 2.99. The van der Waals surface area contributed by atoms with E-state index in [2.05, 4.69) is 5.32 Å². The summed E-state index contributed by atoms with van der Waals surface area (Å²) in [4.78, 5) is 0.272. The highest BCUT2D eigenvalue weighted by atomic mass is 32.2.